The maximum absolute atomic E-state index is 13.1. The molecule has 0 unspecified atom stereocenters. The molecule has 2 aromatic heterocycles. The summed E-state index contributed by atoms with van der Waals surface area (Å²) in [7, 11) is 0. The van der Waals surface area contributed by atoms with Gasteiger partial charge in [0.1, 0.15) is 5.82 Å². The number of anilines is 1. The van der Waals surface area contributed by atoms with Crippen molar-refractivity contribution in [1.29, 1.82) is 0 Å². The minimum absolute atomic E-state index is 0.0573. The third-order valence-corrected chi connectivity index (χ3v) is 4.97. The summed E-state index contributed by atoms with van der Waals surface area (Å²) in [4.78, 5) is 35.6. The predicted molar refractivity (Wildman–Crippen MR) is 116 cm³/mol. The molecule has 0 spiro atoms. The van der Waals surface area contributed by atoms with E-state index in [1.807, 2.05) is 30.3 Å². The number of fused-ring (bicyclic) bond motifs is 1. The summed E-state index contributed by atoms with van der Waals surface area (Å²) < 4.78 is 1.27. The van der Waals surface area contributed by atoms with E-state index in [0.29, 0.717) is 35.1 Å². The van der Waals surface area contributed by atoms with Crippen molar-refractivity contribution in [3.05, 3.63) is 93.1 Å². The van der Waals surface area contributed by atoms with E-state index >= 15 is 0 Å². The molecule has 30 heavy (non-hydrogen) atoms. The molecule has 0 aliphatic carbocycles. The van der Waals surface area contributed by atoms with Gasteiger partial charge in [-0.1, -0.05) is 41.9 Å². The summed E-state index contributed by atoms with van der Waals surface area (Å²) in [6.45, 7) is 1.92. The molecular weight excluding hydrogens is 402 g/mol. The number of H-pyrrole nitrogens is 1. The van der Waals surface area contributed by atoms with Gasteiger partial charge in [0.2, 0.25) is 5.91 Å². The monoisotopic (exact) mass is 421 g/mol. The quantitative estimate of drug-likeness (QED) is 0.516. The standard InChI is InChI=1S/C22H20ClN5O2/c1-15-13-21(30)28-22(24-15)25-19(26-28)14-27(18-10-8-17(23)9-11-18)20(29)12-7-16-5-3-2-4-6-16/h2-6,8-11,13H,7,12,14H2,1H3,(H,24,25,26). The van der Waals surface area contributed by atoms with E-state index in [-0.39, 0.29) is 23.8 Å². The van der Waals surface area contributed by atoms with E-state index in [9.17, 15) is 9.59 Å². The minimum Gasteiger partial charge on any atom is -0.305 e. The molecule has 0 radical (unpaired) electrons. The molecule has 0 bridgehead atoms. The fraction of sp³-hybridized carbons (Fsp3) is 0.182. The van der Waals surface area contributed by atoms with Gasteiger partial charge in [-0.15, -0.1) is 0 Å². The SMILES string of the molecule is Cc1cc(=O)n2[nH]c(CN(C(=O)CCc3ccccc3)c3ccc(Cl)cc3)nc2n1. The van der Waals surface area contributed by atoms with Crippen LogP contribution in [0.5, 0.6) is 0 Å². The third-order valence-electron chi connectivity index (χ3n) is 4.72. The molecule has 1 amide bonds. The second-order valence-corrected chi connectivity index (χ2v) is 7.42. The molecule has 8 heteroatoms. The van der Waals surface area contributed by atoms with Crippen molar-refractivity contribution in [2.45, 2.75) is 26.3 Å². The highest BCUT2D eigenvalue weighted by Gasteiger charge is 2.19. The van der Waals surface area contributed by atoms with Crippen LogP contribution in [0.25, 0.3) is 5.78 Å². The number of aromatic nitrogens is 4. The lowest BCUT2D eigenvalue weighted by atomic mass is 10.1. The number of hydrogen-bond acceptors (Lipinski definition) is 4. The number of benzene rings is 2. The van der Waals surface area contributed by atoms with E-state index in [4.69, 9.17) is 11.6 Å². The number of nitrogens with zero attached hydrogens (tertiary/aromatic N) is 4. The molecule has 152 valence electrons. The van der Waals surface area contributed by atoms with Crippen LogP contribution in [-0.2, 0) is 17.8 Å². The predicted octanol–water partition coefficient (Wildman–Crippen LogP) is 3.55. The van der Waals surface area contributed by atoms with Crippen molar-refractivity contribution in [2.24, 2.45) is 0 Å². The van der Waals surface area contributed by atoms with Crippen LogP contribution in [0, 0.1) is 6.92 Å². The molecular formula is C22H20ClN5O2. The van der Waals surface area contributed by atoms with Crippen molar-refractivity contribution >= 4 is 29.0 Å². The fourth-order valence-electron chi connectivity index (χ4n) is 3.23. The summed E-state index contributed by atoms with van der Waals surface area (Å²) in [6.07, 6.45) is 0.967. The van der Waals surface area contributed by atoms with Crippen molar-refractivity contribution in [3.63, 3.8) is 0 Å². The molecule has 0 saturated heterocycles. The van der Waals surface area contributed by atoms with Crippen molar-refractivity contribution in [2.75, 3.05) is 4.90 Å². The molecule has 2 heterocycles. The molecule has 1 N–H and O–H groups in total. The molecule has 0 saturated carbocycles. The van der Waals surface area contributed by atoms with Crippen LogP contribution >= 0.6 is 11.6 Å². The van der Waals surface area contributed by atoms with E-state index in [1.165, 1.54) is 10.6 Å². The summed E-state index contributed by atoms with van der Waals surface area (Å²) >= 11 is 6.01. The Hall–Kier alpha value is -3.45. The normalized spacial score (nSPS) is 11.0. The average Bonchev–Trinajstić information content (AvgIpc) is 3.15. The number of hydrogen-bond donors (Lipinski definition) is 1. The van der Waals surface area contributed by atoms with E-state index in [1.54, 1.807) is 36.1 Å². The summed E-state index contributed by atoms with van der Waals surface area (Å²) in [5.74, 6) is 0.689. The molecule has 0 atom stereocenters. The van der Waals surface area contributed by atoms with Crippen LogP contribution in [0.3, 0.4) is 0 Å². The highest BCUT2D eigenvalue weighted by Crippen LogP contribution is 2.21. The number of amides is 1. The molecule has 0 fully saturated rings. The van der Waals surface area contributed by atoms with Crippen LogP contribution in [0.4, 0.5) is 5.69 Å². The zero-order chi connectivity index (χ0) is 21.1. The van der Waals surface area contributed by atoms with Crippen LogP contribution in [-0.4, -0.2) is 25.5 Å². The van der Waals surface area contributed by atoms with Crippen molar-refractivity contribution < 1.29 is 4.79 Å². The Morgan fingerprint density at radius 1 is 1.10 bits per heavy atom. The summed E-state index contributed by atoms with van der Waals surface area (Å²) in [6, 6.07) is 18.3. The van der Waals surface area contributed by atoms with Crippen LogP contribution < -0.4 is 10.5 Å². The first-order chi connectivity index (χ1) is 14.5. The van der Waals surface area contributed by atoms with E-state index in [2.05, 4.69) is 15.1 Å². The zero-order valence-corrected chi connectivity index (χ0v) is 17.1. The number of carbonyl (C=O) groups excluding carboxylic acids is 1. The van der Waals surface area contributed by atoms with Crippen molar-refractivity contribution in [1.82, 2.24) is 19.6 Å². The van der Waals surface area contributed by atoms with Gasteiger partial charge in [-0.05, 0) is 43.2 Å². The molecule has 4 aromatic rings. The second-order valence-electron chi connectivity index (χ2n) is 6.98. The Morgan fingerprint density at radius 2 is 1.83 bits per heavy atom. The van der Waals surface area contributed by atoms with E-state index in [0.717, 1.165) is 5.56 Å². The highest BCUT2D eigenvalue weighted by atomic mass is 35.5. The second kappa shape index (κ2) is 8.51. The number of aryl methyl sites for hydroxylation is 2. The molecule has 0 aliphatic rings. The summed E-state index contributed by atoms with van der Waals surface area (Å²) in [5.41, 5.74) is 2.14. The lowest BCUT2D eigenvalue weighted by Gasteiger charge is -2.22. The maximum atomic E-state index is 13.1. The molecule has 4 rings (SSSR count). The van der Waals surface area contributed by atoms with Gasteiger partial charge in [0, 0.05) is 28.9 Å². The first-order valence-corrected chi connectivity index (χ1v) is 9.92. The van der Waals surface area contributed by atoms with Gasteiger partial charge in [-0.2, -0.15) is 9.50 Å². The van der Waals surface area contributed by atoms with Crippen LogP contribution in [0.2, 0.25) is 5.02 Å². The van der Waals surface area contributed by atoms with Crippen molar-refractivity contribution in [3.8, 4) is 0 Å². The number of aromatic amines is 1. The van der Waals surface area contributed by atoms with E-state index < -0.39 is 0 Å². The van der Waals surface area contributed by atoms with Crippen LogP contribution in [0.15, 0.2) is 65.5 Å². The number of nitrogens with one attached hydrogen (secondary N) is 1. The van der Waals surface area contributed by atoms with Gasteiger partial charge >= 0.3 is 0 Å². The molecule has 2 aromatic carbocycles. The Balaban J connectivity index is 1.61. The number of halogens is 1. The highest BCUT2D eigenvalue weighted by molar-refractivity contribution is 6.30. The van der Waals surface area contributed by atoms with Gasteiger partial charge < -0.3 is 4.90 Å². The Morgan fingerprint density at radius 3 is 2.57 bits per heavy atom. The Bertz CT molecular complexity index is 1230. The minimum atomic E-state index is -0.246. The topological polar surface area (TPSA) is 83.4 Å². The average molecular weight is 422 g/mol. The first kappa shape index (κ1) is 19.8. The lowest BCUT2D eigenvalue weighted by molar-refractivity contribution is -0.118. The fourth-order valence-corrected chi connectivity index (χ4v) is 3.36. The van der Waals surface area contributed by atoms with Gasteiger partial charge in [-0.3, -0.25) is 14.7 Å². The van der Waals surface area contributed by atoms with Gasteiger partial charge in [0.15, 0.2) is 0 Å². The largest absolute Gasteiger partial charge is 0.305 e. The molecule has 0 aliphatic heterocycles. The van der Waals surface area contributed by atoms with Crippen LogP contribution in [0.1, 0.15) is 23.5 Å². The zero-order valence-electron chi connectivity index (χ0n) is 16.4. The smallest absolute Gasteiger partial charge is 0.274 e. The Kier molecular flexibility index (Phi) is 5.63. The van der Waals surface area contributed by atoms with Gasteiger partial charge in [0.05, 0.1) is 6.54 Å². The van der Waals surface area contributed by atoms with Gasteiger partial charge in [0.25, 0.3) is 11.3 Å². The number of carbonyl (C=O) groups is 1. The first-order valence-electron chi connectivity index (χ1n) is 9.55. The Labute approximate surface area is 178 Å². The third kappa shape index (κ3) is 4.41. The number of rotatable bonds is 6. The maximum Gasteiger partial charge on any atom is 0.274 e. The van der Waals surface area contributed by atoms with Gasteiger partial charge in [-0.25, -0.2) is 4.98 Å². The lowest BCUT2D eigenvalue weighted by Crippen LogP contribution is -2.31. The molecule has 7 nitrogen and oxygen atoms in total. The summed E-state index contributed by atoms with van der Waals surface area (Å²) in [5, 5.41) is 3.53.